The van der Waals surface area contributed by atoms with Crippen molar-refractivity contribution < 1.29 is 9.21 Å². The normalized spacial score (nSPS) is 10.9. The Bertz CT molecular complexity index is 1150. The number of amides is 1. The van der Waals surface area contributed by atoms with Crippen LogP contribution in [0.3, 0.4) is 0 Å². The first-order valence-corrected chi connectivity index (χ1v) is 11.2. The number of nitrogens with one attached hydrogen (secondary N) is 1. The van der Waals surface area contributed by atoms with Gasteiger partial charge in [-0.1, -0.05) is 67.2 Å². The first-order valence-electron chi connectivity index (χ1n) is 10.2. The number of carbonyl (C=O) groups excluding carboxylic acids is 1. The average molecular weight is 433 g/mol. The van der Waals surface area contributed by atoms with Crippen LogP contribution in [-0.4, -0.2) is 26.4 Å². The summed E-state index contributed by atoms with van der Waals surface area (Å²) in [6.45, 7) is 4.58. The molecule has 0 bridgehead atoms. The van der Waals surface area contributed by atoms with Crippen LogP contribution in [0.2, 0.25) is 0 Å². The number of hydrogen-bond donors (Lipinski definition) is 1. The number of para-hydroxylation sites is 1. The maximum Gasteiger partial charge on any atom is 0.234 e. The van der Waals surface area contributed by atoms with Crippen LogP contribution in [0.5, 0.6) is 0 Å². The highest BCUT2D eigenvalue weighted by molar-refractivity contribution is 7.99. The third-order valence-electron chi connectivity index (χ3n) is 4.98. The standard InChI is InChI=1S/C24H24N4O2S/c1-3-18-12-7-9-17(2)22(18)25-21(29)16-31-24-27-26-23(19-10-5-4-6-11-19)28(24)15-20-13-8-14-30-20/h4-14H,3,15-16H2,1-2H3,(H,25,29). The molecular formula is C24H24N4O2S. The molecular weight excluding hydrogens is 408 g/mol. The number of carbonyl (C=O) groups is 1. The van der Waals surface area contributed by atoms with Gasteiger partial charge in [-0.3, -0.25) is 9.36 Å². The van der Waals surface area contributed by atoms with E-state index in [9.17, 15) is 4.79 Å². The van der Waals surface area contributed by atoms with Crippen LogP contribution in [0.25, 0.3) is 11.4 Å². The van der Waals surface area contributed by atoms with Gasteiger partial charge in [0.1, 0.15) is 5.76 Å². The number of aromatic nitrogens is 3. The molecule has 7 heteroatoms. The maximum absolute atomic E-state index is 12.7. The minimum absolute atomic E-state index is 0.0668. The Morgan fingerprint density at radius 2 is 1.90 bits per heavy atom. The largest absolute Gasteiger partial charge is 0.467 e. The SMILES string of the molecule is CCc1cccc(C)c1NC(=O)CSc1nnc(-c2ccccc2)n1Cc1ccco1. The number of benzene rings is 2. The van der Waals surface area contributed by atoms with Gasteiger partial charge in [-0.15, -0.1) is 10.2 Å². The van der Waals surface area contributed by atoms with Crippen LogP contribution < -0.4 is 5.32 Å². The molecule has 1 N–H and O–H groups in total. The molecule has 31 heavy (non-hydrogen) atoms. The number of thioether (sulfide) groups is 1. The molecule has 1 amide bonds. The number of anilines is 1. The Labute approximate surface area is 185 Å². The van der Waals surface area contributed by atoms with Crippen molar-refractivity contribution in [2.75, 3.05) is 11.1 Å². The molecule has 4 aromatic rings. The summed E-state index contributed by atoms with van der Waals surface area (Å²) in [7, 11) is 0. The number of hydrogen-bond acceptors (Lipinski definition) is 5. The molecule has 2 aromatic carbocycles. The maximum atomic E-state index is 12.7. The summed E-state index contributed by atoms with van der Waals surface area (Å²) in [5.41, 5.74) is 4.05. The van der Waals surface area contributed by atoms with E-state index in [0.29, 0.717) is 11.7 Å². The fourth-order valence-corrected chi connectivity index (χ4v) is 4.14. The summed E-state index contributed by atoms with van der Waals surface area (Å²) in [4.78, 5) is 12.7. The van der Waals surface area contributed by atoms with Gasteiger partial charge in [-0.05, 0) is 36.6 Å². The van der Waals surface area contributed by atoms with E-state index in [4.69, 9.17) is 4.42 Å². The molecule has 0 aliphatic rings. The van der Waals surface area contributed by atoms with Gasteiger partial charge in [0.2, 0.25) is 5.91 Å². The minimum atomic E-state index is -0.0668. The topological polar surface area (TPSA) is 73.0 Å². The second-order valence-electron chi connectivity index (χ2n) is 7.14. The van der Waals surface area contributed by atoms with E-state index in [1.54, 1.807) is 6.26 Å². The van der Waals surface area contributed by atoms with E-state index in [0.717, 1.165) is 40.4 Å². The minimum Gasteiger partial charge on any atom is -0.467 e. The molecule has 0 aliphatic heterocycles. The first kappa shape index (κ1) is 20.9. The highest BCUT2D eigenvalue weighted by Gasteiger charge is 2.17. The van der Waals surface area contributed by atoms with Crippen molar-refractivity contribution >= 4 is 23.4 Å². The van der Waals surface area contributed by atoms with Crippen LogP contribution in [0.15, 0.2) is 76.5 Å². The molecule has 6 nitrogen and oxygen atoms in total. The van der Waals surface area contributed by atoms with Crippen LogP contribution in [0.4, 0.5) is 5.69 Å². The van der Waals surface area contributed by atoms with Gasteiger partial charge in [-0.25, -0.2) is 0 Å². The summed E-state index contributed by atoms with van der Waals surface area (Å²) in [5.74, 6) is 1.72. The predicted molar refractivity (Wildman–Crippen MR) is 123 cm³/mol. The third kappa shape index (κ3) is 4.88. The first-order chi connectivity index (χ1) is 15.2. The van der Waals surface area contributed by atoms with Crippen molar-refractivity contribution in [1.82, 2.24) is 14.8 Å². The fourth-order valence-electron chi connectivity index (χ4n) is 3.40. The lowest BCUT2D eigenvalue weighted by atomic mass is 10.1. The third-order valence-corrected chi connectivity index (χ3v) is 5.95. The van der Waals surface area contributed by atoms with Crippen molar-refractivity contribution in [2.24, 2.45) is 0 Å². The number of rotatable bonds is 8. The quantitative estimate of drug-likeness (QED) is 0.388. The Morgan fingerprint density at radius 1 is 1.06 bits per heavy atom. The van der Waals surface area contributed by atoms with Gasteiger partial charge >= 0.3 is 0 Å². The summed E-state index contributed by atoms with van der Waals surface area (Å²) in [6, 6.07) is 19.7. The molecule has 0 saturated heterocycles. The van der Waals surface area contributed by atoms with E-state index >= 15 is 0 Å². The van der Waals surface area contributed by atoms with Gasteiger partial charge in [0.25, 0.3) is 0 Å². The summed E-state index contributed by atoms with van der Waals surface area (Å²) in [5, 5.41) is 12.5. The van der Waals surface area contributed by atoms with Crippen molar-refractivity contribution in [2.45, 2.75) is 32.0 Å². The van der Waals surface area contributed by atoms with Gasteiger partial charge < -0.3 is 9.73 Å². The molecule has 0 aliphatic carbocycles. The van der Waals surface area contributed by atoms with Gasteiger partial charge in [0, 0.05) is 11.3 Å². The Hall–Kier alpha value is -3.32. The highest BCUT2D eigenvalue weighted by Crippen LogP contribution is 2.26. The van der Waals surface area contributed by atoms with Crippen molar-refractivity contribution in [3.8, 4) is 11.4 Å². The Morgan fingerprint density at radius 3 is 2.65 bits per heavy atom. The second kappa shape index (κ2) is 9.66. The molecule has 0 radical (unpaired) electrons. The van der Waals surface area contributed by atoms with E-state index in [1.165, 1.54) is 11.8 Å². The number of furan rings is 1. The zero-order valence-electron chi connectivity index (χ0n) is 17.5. The molecule has 2 heterocycles. The van der Waals surface area contributed by atoms with Crippen LogP contribution in [0, 0.1) is 6.92 Å². The predicted octanol–water partition coefficient (Wildman–Crippen LogP) is 5.19. The van der Waals surface area contributed by atoms with Gasteiger partial charge in [0.15, 0.2) is 11.0 Å². The lowest BCUT2D eigenvalue weighted by Crippen LogP contribution is -2.16. The molecule has 0 atom stereocenters. The molecule has 0 saturated carbocycles. The summed E-state index contributed by atoms with van der Waals surface area (Å²) >= 11 is 1.37. The zero-order chi connectivity index (χ0) is 21.6. The number of aryl methyl sites for hydroxylation is 2. The molecule has 158 valence electrons. The van der Waals surface area contributed by atoms with Gasteiger partial charge in [-0.2, -0.15) is 0 Å². The van der Waals surface area contributed by atoms with Crippen molar-refractivity contribution in [3.05, 3.63) is 83.8 Å². The average Bonchev–Trinajstić information content (AvgIpc) is 3.45. The summed E-state index contributed by atoms with van der Waals surface area (Å²) < 4.78 is 7.51. The fraction of sp³-hybridized carbons (Fsp3) is 0.208. The molecule has 0 unspecified atom stereocenters. The van der Waals surface area contributed by atoms with E-state index in [2.05, 4.69) is 22.4 Å². The van der Waals surface area contributed by atoms with E-state index < -0.39 is 0 Å². The Balaban J connectivity index is 1.53. The van der Waals surface area contributed by atoms with Crippen LogP contribution >= 0.6 is 11.8 Å². The zero-order valence-corrected chi connectivity index (χ0v) is 18.4. The Kier molecular flexibility index (Phi) is 6.52. The van der Waals surface area contributed by atoms with Gasteiger partial charge in [0.05, 0.1) is 18.6 Å². The van der Waals surface area contributed by atoms with Crippen molar-refractivity contribution in [3.63, 3.8) is 0 Å². The van der Waals surface area contributed by atoms with Crippen LogP contribution in [0.1, 0.15) is 23.8 Å². The molecule has 2 aromatic heterocycles. The lowest BCUT2D eigenvalue weighted by molar-refractivity contribution is -0.113. The number of nitrogens with zero attached hydrogens (tertiary/aromatic N) is 3. The molecule has 4 rings (SSSR count). The van der Waals surface area contributed by atoms with Crippen molar-refractivity contribution in [1.29, 1.82) is 0 Å². The monoisotopic (exact) mass is 432 g/mol. The molecule has 0 spiro atoms. The highest BCUT2D eigenvalue weighted by atomic mass is 32.2. The van der Waals surface area contributed by atoms with E-state index in [-0.39, 0.29) is 11.7 Å². The lowest BCUT2D eigenvalue weighted by Gasteiger charge is -2.13. The smallest absolute Gasteiger partial charge is 0.234 e. The molecule has 0 fully saturated rings. The van der Waals surface area contributed by atoms with E-state index in [1.807, 2.05) is 72.2 Å². The summed E-state index contributed by atoms with van der Waals surface area (Å²) in [6.07, 6.45) is 2.51. The van der Waals surface area contributed by atoms with Crippen LogP contribution in [-0.2, 0) is 17.8 Å². The second-order valence-corrected chi connectivity index (χ2v) is 8.08.